The number of rotatable bonds is 6. The second-order valence-corrected chi connectivity index (χ2v) is 8.48. The number of nitrogens with zero attached hydrogens (tertiary/aromatic N) is 1. The second kappa shape index (κ2) is 6.27. The lowest BCUT2D eigenvalue weighted by Crippen LogP contribution is -2.31. The van der Waals surface area contributed by atoms with Crippen LogP contribution in [-0.2, 0) is 19.5 Å². The summed E-state index contributed by atoms with van der Waals surface area (Å²) in [7, 11) is -2.43. The van der Waals surface area contributed by atoms with Crippen LogP contribution in [0.1, 0.15) is 28.9 Å². The van der Waals surface area contributed by atoms with Gasteiger partial charge in [0.15, 0.2) is 0 Å². The van der Waals surface area contributed by atoms with Gasteiger partial charge in [-0.15, -0.1) is 11.3 Å². The van der Waals surface area contributed by atoms with Gasteiger partial charge in [0.25, 0.3) is 0 Å². The van der Waals surface area contributed by atoms with Gasteiger partial charge in [-0.25, -0.2) is 13.2 Å². The summed E-state index contributed by atoms with van der Waals surface area (Å²) in [6.07, 6.45) is 3.08. The average Bonchev–Trinajstić information content (AvgIpc) is 3.02. The van der Waals surface area contributed by atoms with Crippen molar-refractivity contribution in [2.75, 3.05) is 26.8 Å². The van der Waals surface area contributed by atoms with Crippen molar-refractivity contribution in [2.24, 2.45) is 5.92 Å². The summed E-state index contributed by atoms with van der Waals surface area (Å²) in [4.78, 5) is 11.9. The minimum Gasteiger partial charge on any atom is -0.465 e. The summed E-state index contributed by atoms with van der Waals surface area (Å²) < 4.78 is 37.2. The monoisotopic (exact) mass is 345 g/mol. The first-order valence-corrected chi connectivity index (χ1v) is 9.62. The molecule has 1 atom stereocenters. The molecule has 6 nitrogen and oxygen atoms in total. The van der Waals surface area contributed by atoms with Crippen LogP contribution in [0.4, 0.5) is 0 Å². The van der Waals surface area contributed by atoms with E-state index in [1.165, 1.54) is 30.3 Å². The zero-order valence-corrected chi connectivity index (χ0v) is 14.0. The van der Waals surface area contributed by atoms with E-state index in [1.54, 1.807) is 5.38 Å². The van der Waals surface area contributed by atoms with E-state index in [0.29, 0.717) is 25.4 Å². The fraction of sp³-hybridized carbons (Fsp3) is 0.643. The topological polar surface area (TPSA) is 72.9 Å². The van der Waals surface area contributed by atoms with Crippen LogP contribution in [0.3, 0.4) is 0 Å². The normalized spacial score (nSPS) is 22.9. The lowest BCUT2D eigenvalue weighted by Gasteiger charge is -2.16. The van der Waals surface area contributed by atoms with Gasteiger partial charge in [0.1, 0.15) is 9.77 Å². The van der Waals surface area contributed by atoms with Crippen molar-refractivity contribution in [1.29, 1.82) is 0 Å². The Labute approximate surface area is 134 Å². The molecule has 122 valence electrons. The van der Waals surface area contributed by atoms with Crippen molar-refractivity contribution in [3.63, 3.8) is 0 Å². The maximum Gasteiger partial charge on any atom is 0.349 e. The Morgan fingerprint density at radius 1 is 1.41 bits per heavy atom. The Morgan fingerprint density at radius 2 is 2.18 bits per heavy atom. The zero-order chi connectivity index (χ0) is 15.7. The molecule has 1 saturated carbocycles. The molecular formula is C14H19NO5S2. The van der Waals surface area contributed by atoms with Gasteiger partial charge in [-0.3, -0.25) is 0 Å². The van der Waals surface area contributed by atoms with Gasteiger partial charge in [-0.2, -0.15) is 4.31 Å². The quantitative estimate of drug-likeness (QED) is 0.734. The first-order chi connectivity index (χ1) is 10.5. The third kappa shape index (κ3) is 3.19. The molecule has 0 spiro atoms. The molecule has 0 aromatic carbocycles. The molecule has 22 heavy (non-hydrogen) atoms. The summed E-state index contributed by atoms with van der Waals surface area (Å²) in [6.45, 7) is 1.50. The number of thiophene rings is 1. The van der Waals surface area contributed by atoms with Crippen LogP contribution in [-0.4, -0.2) is 51.6 Å². The Bertz CT molecular complexity index is 650. The number of hydrogen-bond acceptors (Lipinski definition) is 6. The van der Waals surface area contributed by atoms with E-state index in [2.05, 4.69) is 4.74 Å². The molecule has 1 aliphatic heterocycles. The summed E-state index contributed by atoms with van der Waals surface area (Å²) >= 11 is 1.08. The predicted octanol–water partition coefficient (Wildman–Crippen LogP) is 1.72. The molecule has 2 fully saturated rings. The van der Waals surface area contributed by atoms with Crippen LogP contribution < -0.4 is 0 Å². The van der Waals surface area contributed by atoms with Crippen LogP contribution in [0.25, 0.3) is 0 Å². The molecule has 1 aliphatic carbocycles. The highest BCUT2D eigenvalue weighted by atomic mass is 32.2. The Morgan fingerprint density at radius 3 is 2.86 bits per heavy atom. The molecule has 1 aromatic heterocycles. The molecule has 1 unspecified atom stereocenters. The number of ether oxygens (including phenoxy) is 2. The predicted molar refractivity (Wildman–Crippen MR) is 81.5 cm³/mol. The van der Waals surface area contributed by atoms with Crippen LogP contribution in [0.15, 0.2) is 16.3 Å². The minimum absolute atomic E-state index is 0.0344. The molecular weight excluding hydrogens is 326 g/mol. The highest BCUT2D eigenvalue weighted by molar-refractivity contribution is 7.89. The number of esters is 1. The summed E-state index contributed by atoms with van der Waals surface area (Å²) in [6, 6.07) is 1.46. The molecule has 2 heterocycles. The molecule has 1 aromatic rings. The Hall–Kier alpha value is -0.960. The van der Waals surface area contributed by atoms with Crippen LogP contribution in [0, 0.1) is 5.92 Å². The first kappa shape index (κ1) is 15.9. The van der Waals surface area contributed by atoms with Gasteiger partial charge in [0.2, 0.25) is 10.0 Å². The maximum atomic E-state index is 12.7. The lowest BCUT2D eigenvalue weighted by atomic mass is 10.3. The van der Waals surface area contributed by atoms with Crippen LogP contribution in [0.5, 0.6) is 0 Å². The first-order valence-electron chi connectivity index (χ1n) is 7.30. The molecule has 0 amide bonds. The van der Waals surface area contributed by atoms with Gasteiger partial charge in [-0.05, 0) is 36.6 Å². The molecule has 0 N–H and O–H groups in total. The van der Waals surface area contributed by atoms with E-state index in [9.17, 15) is 13.2 Å². The van der Waals surface area contributed by atoms with E-state index in [1.807, 2.05) is 0 Å². The third-order valence-electron chi connectivity index (χ3n) is 3.99. The largest absolute Gasteiger partial charge is 0.465 e. The van der Waals surface area contributed by atoms with Gasteiger partial charge in [0, 0.05) is 19.7 Å². The Balaban J connectivity index is 1.70. The molecule has 2 aliphatic rings. The number of carbonyl (C=O) groups excluding carboxylic acids is 1. The van der Waals surface area contributed by atoms with Crippen molar-refractivity contribution in [2.45, 2.75) is 30.3 Å². The summed E-state index contributed by atoms with van der Waals surface area (Å²) in [5.74, 6) is 0.0442. The SMILES string of the molecule is COC(=O)c1sccc1S(=O)(=O)N1CCC(OCC2CC2)C1. The fourth-order valence-corrected chi connectivity index (χ4v) is 5.28. The van der Waals surface area contributed by atoms with Crippen LogP contribution in [0.2, 0.25) is 0 Å². The minimum atomic E-state index is -3.67. The zero-order valence-electron chi connectivity index (χ0n) is 12.4. The number of carbonyl (C=O) groups is 1. The van der Waals surface area contributed by atoms with E-state index < -0.39 is 16.0 Å². The van der Waals surface area contributed by atoms with Crippen molar-refractivity contribution < 1.29 is 22.7 Å². The van der Waals surface area contributed by atoms with Crippen molar-refractivity contribution in [1.82, 2.24) is 4.31 Å². The lowest BCUT2D eigenvalue weighted by molar-refractivity contribution is 0.0561. The highest BCUT2D eigenvalue weighted by Crippen LogP contribution is 2.31. The van der Waals surface area contributed by atoms with Crippen molar-refractivity contribution >= 4 is 27.3 Å². The van der Waals surface area contributed by atoms with Gasteiger partial charge >= 0.3 is 5.97 Å². The summed E-state index contributed by atoms with van der Waals surface area (Å²) in [5, 5.41) is 1.59. The number of hydrogen-bond donors (Lipinski definition) is 0. The van der Waals surface area contributed by atoms with E-state index in [4.69, 9.17) is 4.74 Å². The third-order valence-corrected chi connectivity index (χ3v) is 6.92. The highest BCUT2D eigenvalue weighted by Gasteiger charge is 2.36. The van der Waals surface area contributed by atoms with E-state index in [-0.39, 0.29) is 15.9 Å². The average molecular weight is 345 g/mol. The van der Waals surface area contributed by atoms with E-state index >= 15 is 0 Å². The fourth-order valence-electron chi connectivity index (χ4n) is 2.49. The number of methoxy groups -OCH3 is 1. The molecule has 8 heteroatoms. The molecule has 0 radical (unpaired) electrons. The maximum absolute atomic E-state index is 12.7. The molecule has 3 rings (SSSR count). The summed E-state index contributed by atoms with van der Waals surface area (Å²) in [5.41, 5.74) is 0. The van der Waals surface area contributed by atoms with Gasteiger partial charge in [-0.1, -0.05) is 0 Å². The van der Waals surface area contributed by atoms with Crippen molar-refractivity contribution in [3.05, 3.63) is 16.3 Å². The van der Waals surface area contributed by atoms with Gasteiger partial charge < -0.3 is 9.47 Å². The van der Waals surface area contributed by atoms with Gasteiger partial charge in [0.05, 0.1) is 13.2 Å². The smallest absolute Gasteiger partial charge is 0.349 e. The standard InChI is InChI=1S/C14H19NO5S2/c1-19-14(16)13-12(5-7-21-13)22(17,18)15-6-4-11(8-15)20-9-10-2-3-10/h5,7,10-11H,2-4,6,8-9H2,1H3. The van der Waals surface area contributed by atoms with Crippen molar-refractivity contribution in [3.8, 4) is 0 Å². The molecule has 1 saturated heterocycles. The Kier molecular flexibility index (Phi) is 4.54. The second-order valence-electron chi connectivity index (χ2n) is 5.66. The number of sulfonamides is 1. The van der Waals surface area contributed by atoms with E-state index in [0.717, 1.165) is 17.9 Å². The molecule has 0 bridgehead atoms. The van der Waals surface area contributed by atoms with Crippen LogP contribution >= 0.6 is 11.3 Å².